The first-order chi connectivity index (χ1) is 18.3. The minimum atomic E-state index is -0.444. The molecule has 2 fully saturated rings. The van der Waals surface area contributed by atoms with E-state index in [1.165, 1.54) is 0 Å². The number of likely N-dealkylation sites (N-methyl/N-ethyl adjacent to an activating group) is 1. The van der Waals surface area contributed by atoms with Crippen LogP contribution in [0.4, 0.5) is 16.2 Å². The number of benzene rings is 3. The molecule has 38 heavy (non-hydrogen) atoms. The molecule has 0 atom stereocenters. The van der Waals surface area contributed by atoms with Crippen LogP contribution in [0.2, 0.25) is 5.02 Å². The fraction of sp³-hybridized carbons (Fsp3) is 0.345. The summed E-state index contributed by atoms with van der Waals surface area (Å²) < 4.78 is 16.6. The Labute approximate surface area is 226 Å². The number of nitrogens with zero attached hydrogens (tertiary/aromatic N) is 6. The van der Waals surface area contributed by atoms with E-state index in [4.69, 9.17) is 21.6 Å². The summed E-state index contributed by atoms with van der Waals surface area (Å²) in [4.78, 5) is 29.8. The van der Waals surface area contributed by atoms with Gasteiger partial charge in [-0.15, -0.1) is 0 Å². The van der Waals surface area contributed by atoms with E-state index in [0.29, 0.717) is 60.0 Å². The van der Waals surface area contributed by atoms with Gasteiger partial charge in [0.15, 0.2) is 5.82 Å². The van der Waals surface area contributed by atoms with Crippen molar-refractivity contribution in [2.45, 2.75) is 13.0 Å². The zero-order valence-corrected chi connectivity index (χ0v) is 22.5. The van der Waals surface area contributed by atoms with Crippen molar-refractivity contribution in [2.75, 3.05) is 63.2 Å². The molecule has 0 N–H and O–H groups in total. The van der Waals surface area contributed by atoms with Crippen LogP contribution in [0.5, 0.6) is 0 Å². The summed E-state index contributed by atoms with van der Waals surface area (Å²) in [5.74, 6) is 0.791. The number of aromatic nitrogens is 2. The van der Waals surface area contributed by atoms with Crippen LogP contribution in [0.15, 0.2) is 48.5 Å². The highest BCUT2D eigenvalue weighted by molar-refractivity contribution is 6.35. The second-order valence-corrected chi connectivity index (χ2v) is 10.7. The Balaban J connectivity index is 1.51. The number of hydrogen-bond acceptors (Lipinski definition) is 6. The van der Waals surface area contributed by atoms with E-state index < -0.39 is 5.82 Å². The number of carbonyl (C=O) groups is 1. The van der Waals surface area contributed by atoms with Gasteiger partial charge in [0.05, 0.1) is 5.02 Å². The van der Waals surface area contributed by atoms with Crippen molar-refractivity contribution in [1.82, 2.24) is 19.8 Å². The molecule has 1 amide bonds. The molecular formula is C29H30ClFN6O. The van der Waals surface area contributed by atoms with Gasteiger partial charge in [-0.25, -0.2) is 9.37 Å². The topological polar surface area (TPSA) is 55.8 Å². The summed E-state index contributed by atoms with van der Waals surface area (Å²) in [6, 6.07) is 15.9. The number of hydrogen-bond donors (Lipinski definition) is 0. The van der Waals surface area contributed by atoms with Crippen LogP contribution in [0.25, 0.3) is 32.8 Å². The van der Waals surface area contributed by atoms with Crippen LogP contribution in [-0.4, -0.2) is 85.1 Å². The van der Waals surface area contributed by atoms with E-state index in [2.05, 4.69) is 28.8 Å². The van der Waals surface area contributed by atoms with Gasteiger partial charge in [-0.3, -0.25) is 4.79 Å². The largest absolute Gasteiger partial charge is 0.352 e. The number of amides is 1. The molecule has 6 rings (SSSR count). The molecule has 196 valence electrons. The Morgan fingerprint density at radius 1 is 0.974 bits per heavy atom. The SMILES string of the molecule is CC(=O)N1CCN(c2nc(N3CC(N(C)C)C3)nc3c(F)c(-c4cccc5ccccc45)c(Cl)cc23)CC1. The quantitative estimate of drug-likeness (QED) is 0.381. The molecule has 0 saturated carbocycles. The summed E-state index contributed by atoms with van der Waals surface area (Å²) >= 11 is 6.83. The lowest BCUT2D eigenvalue weighted by Gasteiger charge is -2.43. The summed E-state index contributed by atoms with van der Waals surface area (Å²) in [5.41, 5.74) is 1.35. The highest BCUT2D eigenvalue weighted by Crippen LogP contribution is 2.41. The molecule has 0 aliphatic carbocycles. The molecule has 9 heteroatoms. The Morgan fingerprint density at radius 3 is 2.39 bits per heavy atom. The molecule has 2 saturated heterocycles. The van der Waals surface area contributed by atoms with Crippen LogP contribution in [0.1, 0.15) is 6.92 Å². The van der Waals surface area contributed by atoms with Crippen LogP contribution in [0.3, 0.4) is 0 Å². The average Bonchev–Trinajstić information content (AvgIpc) is 2.88. The maximum Gasteiger partial charge on any atom is 0.228 e. The second-order valence-electron chi connectivity index (χ2n) is 10.3. The molecule has 3 aromatic carbocycles. The highest BCUT2D eigenvalue weighted by atomic mass is 35.5. The zero-order chi connectivity index (χ0) is 26.6. The van der Waals surface area contributed by atoms with Crippen molar-refractivity contribution in [2.24, 2.45) is 0 Å². The number of carbonyl (C=O) groups excluding carboxylic acids is 1. The Bertz CT molecular complexity index is 1540. The number of rotatable bonds is 4. The monoisotopic (exact) mass is 532 g/mol. The third kappa shape index (κ3) is 4.22. The second kappa shape index (κ2) is 9.67. The molecule has 4 aromatic rings. The van der Waals surface area contributed by atoms with Crippen LogP contribution < -0.4 is 9.80 Å². The molecule has 3 heterocycles. The molecule has 1 aromatic heterocycles. The first-order valence-corrected chi connectivity index (χ1v) is 13.3. The highest BCUT2D eigenvalue weighted by Gasteiger charge is 2.32. The van der Waals surface area contributed by atoms with Crippen molar-refractivity contribution < 1.29 is 9.18 Å². The van der Waals surface area contributed by atoms with Crippen LogP contribution in [-0.2, 0) is 4.79 Å². The van der Waals surface area contributed by atoms with Crippen molar-refractivity contribution in [3.63, 3.8) is 0 Å². The Morgan fingerprint density at radius 2 is 1.68 bits per heavy atom. The van der Waals surface area contributed by atoms with E-state index in [1.54, 1.807) is 13.0 Å². The maximum absolute atomic E-state index is 16.6. The lowest BCUT2D eigenvalue weighted by atomic mass is 9.96. The summed E-state index contributed by atoms with van der Waals surface area (Å²) in [5, 5.41) is 2.86. The van der Waals surface area contributed by atoms with Crippen LogP contribution in [0, 0.1) is 5.82 Å². The van der Waals surface area contributed by atoms with E-state index >= 15 is 4.39 Å². The van der Waals surface area contributed by atoms with E-state index in [9.17, 15) is 4.79 Å². The predicted molar refractivity (Wildman–Crippen MR) is 152 cm³/mol. The molecule has 0 radical (unpaired) electrons. The lowest BCUT2D eigenvalue weighted by molar-refractivity contribution is -0.129. The maximum atomic E-state index is 16.6. The van der Waals surface area contributed by atoms with Gasteiger partial charge in [-0.1, -0.05) is 54.1 Å². The van der Waals surface area contributed by atoms with E-state index in [0.717, 1.165) is 29.4 Å². The number of piperazine rings is 1. The molecule has 2 aliphatic heterocycles. The van der Waals surface area contributed by atoms with Gasteiger partial charge < -0.3 is 19.6 Å². The van der Waals surface area contributed by atoms with Crippen molar-refractivity contribution >= 4 is 50.9 Å². The van der Waals surface area contributed by atoms with Crippen LogP contribution >= 0.6 is 11.6 Å². The van der Waals surface area contributed by atoms with Gasteiger partial charge in [0.2, 0.25) is 11.9 Å². The predicted octanol–water partition coefficient (Wildman–Crippen LogP) is 4.66. The van der Waals surface area contributed by atoms with Gasteiger partial charge in [0.1, 0.15) is 11.3 Å². The molecule has 2 aliphatic rings. The number of anilines is 2. The number of fused-ring (bicyclic) bond motifs is 2. The van der Waals surface area contributed by atoms with Crippen molar-refractivity contribution in [1.29, 1.82) is 0 Å². The summed E-state index contributed by atoms with van der Waals surface area (Å²) in [6.45, 7) is 5.54. The number of halogens is 2. The average molecular weight is 533 g/mol. The first-order valence-electron chi connectivity index (χ1n) is 12.9. The molecule has 7 nitrogen and oxygen atoms in total. The van der Waals surface area contributed by atoms with Gasteiger partial charge in [0.25, 0.3) is 0 Å². The molecule has 0 spiro atoms. The summed E-state index contributed by atoms with van der Waals surface area (Å²) in [7, 11) is 4.11. The fourth-order valence-electron chi connectivity index (χ4n) is 5.42. The normalized spacial score (nSPS) is 16.5. The fourth-order valence-corrected chi connectivity index (χ4v) is 5.71. The third-order valence-corrected chi connectivity index (χ3v) is 8.11. The van der Waals surface area contributed by atoms with E-state index in [-0.39, 0.29) is 11.4 Å². The molecule has 0 bridgehead atoms. The lowest BCUT2D eigenvalue weighted by Crippen LogP contribution is -2.58. The Kier molecular flexibility index (Phi) is 6.32. The third-order valence-electron chi connectivity index (χ3n) is 7.81. The van der Waals surface area contributed by atoms with Gasteiger partial charge in [-0.2, -0.15) is 4.98 Å². The van der Waals surface area contributed by atoms with Crippen molar-refractivity contribution in [3.8, 4) is 11.1 Å². The molecular weight excluding hydrogens is 503 g/mol. The minimum Gasteiger partial charge on any atom is -0.352 e. The smallest absolute Gasteiger partial charge is 0.228 e. The molecule has 0 unspecified atom stereocenters. The van der Waals surface area contributed by atoms with E-state index in [1.807, 2.05) is 47.4 Å². The first kappa shape index (κ1) is 24.8. The zero-order valence-electron chi connectivity index (χ0n) is 21.8. The van der Waals surface area contributed by atoms with Gasteiger partial charge in [-0.05, 0) is 36.5 Å². The summed E-state index contributed by atoms with van der Waals surface area (Å²) in [6.07, 6.45) is 0. The standard InChI is InChI=1S/C29H30ClFN6O/c1-18(38)35-11-13-36(14-12-35)28-23-15-24(30)25(22-10-6-8-19-7-4-5-9-21(19)22)26(31)27(23)32-29(33-28)37-16-20(17-37)34(2)3/h4-10,15,20H,11-14,16-17H2,1-3H3. The van der Waals surface area contributed by atoms with Crippen molar-refractivity contribution in [3.05, 3.63) is 59.4 Å². The van der Waals surface area contributed by atoms with Gasteiger partial charge >= 0.3 is 0 Å². The van der Waals surface area contributed by atoms with Gasteiger partial charge in [0, 0.05) is 63.2 Å². The Hall–Kier alpha value is -3.49. The minimum absolute atomic E-state index is 0.0574.